The SMILES string of the molecule is CC(C)c1nsc(-c2cnn(C)c2C(=O)CO)n1.Cc1cnc(-c2cnn(C)c2C(=O)CO)s1.Cc1cncc(-c2cnn(C)c2C(=O)CO)n1.Cc1cncc(-c2cnn(C)c2C(=O)[O-])n1.Cc1nc(-c2cnn(C)c2C(=O)CO)cs1.[Na+]. The molecule has 0 spiro atoms. The Hall–Kier alpha value is -7.98. The number of thiazole rings is 2. The third-order valence-electron chi connectivity index (χ3n) is 11.5. The topological polar surface area (TPSA) is 382 Å². The molecule has 0 unspecified atom stereocenters. The second-order valence-electron chi connectivity index (χ2n) is 18.0. The van der Waals surface area contributed by atoms with Gasteiger partial charge in [0.2, 0.25) is 23.1 Å². The van der Waals surface area contributed by atoms with Crippen LogP contribution in [0.4, 0.5) is 0 Å². The van der Waals surface area contributed by atoms with Crippen LogP contribution in [-0.2, 0) is 35.2 Å². The maximum Gasteiger partial charge on any atom is 1.00 e. The molecule has 0 fully saturated rings. The monoisotopic (exact) mass is 1210 g/mol. The molecule has 28 nitrogen and oxygen atoms in total. The first kappa shape index (κ1) is 66.8. The molecule has 0 amide bonds. The van der Waals surface area contributed by atoms with Crippen molar-refractivity contribution in [2.75, 3.05) is 26.4 Å². The minimum Gasteiger partial charge on any atom is -0.543 e. The van der Waals surface area contributed by atoms with E-state index in [2.05, 4.69) is 64.8 Å². The van der Waals surface area contributed by atoms with Gasteiger partial charge in [-0.25, -0.2) is 24.9 Å². The molecule has 0 aliphatic carbocycles. The van der Waals surface area contributed by atoms with E-state index in [-0.39, 0.29) is 64.3 Å². The van der Waals surface area contributed by atoms with Gasteiger partial charge in [0, 0.05) is 75.6 Å². The molecule has 0 saturated heterocycles. The molecular weight excluding hydrogens is 1160 g/mol. The molecule has 10 aromatic heterocycles. The summed E-state index contributed by atoms with van der Waals surface area (Å²) in [5, 5.41) is 70.8. The van der Waals surface area contributed by atoms with E-state index in [1.54, 1.807) is 84.7 Å². The van der Waals surface area contributed by atoms with Crippen LogP contribution in [0.5, 0.6) is 0 Å². The van der Waals surface area contributed by atoms with Crippen LogP contribution in [0.25, 0.3) is 54.9 Å². The third-order valence-corrected chi connectivity index (χ3v) is 14.0. The fraction of sp³-hybridized carbons (Fsp3) is 0.308. The number of aliphatic hydroxyl groups is 4. The summed E-state index contributed by atoms with van der Waals surface area (Å²) in [6.07, 6.45) is 15.8. The van der Waals surface area contributed by atoms with E-state index in [0.29, 0.717) is 72.7 Å². The van der Waals surface area contributed by atoms with Gasteiger partial charge in [0.15, 0.2) is 0 Å². The first-order chi connectivity index (χ1) is 39.5. The van der Waals surface area contributed by atoms with Crippen molar-refractivity contribution in [3.05, 3.63) is 123 Å². The van der Waals surface area contributed by atoms with Gasteiger partial charge in [-0.05, 0) is 39.2 Å². The number of aryl methyl sites for hydroxylation is 9. The predicted molar refractivity (Wildman–Crippen MR) is 302 cm³/mol. The zero-order chi connectivity index (χ0) is 60.8. The molecule has 4 N–H and O–H groups in total. The van der Waals surface area contributed by atoms with Crippen molar-refractivity contribution in [1.29, 1.82) is 0 Å². The van der Waals surface area contributed by atoms with Gasteiger partial charge in [0.05, 0.1) is 111 Å². The number of ketones is 4. The van der Waals surface area contributed by atoms with Crippen molar-refractivity contribution in [3.8, 4) is 54.9 Å². The molecule has 0 aliphatic heterocycles. The molecule has 434 valence electrons. The molecule has 84 heavy (non-hydrogen) atoms. The number of carboxylic acids is 1. The summed E-state index contributed by atoms with van der Waals surface area (Å²) in [7, 11) is 8.20. The summed E-state index contributed by atoms with van der Waals surface area (Å²) in [5.41, 5.74) is 7.74. The van der Waals surface area contributed by atoms with Gasteiger partial charge in [0.1, 0.15) is 65.0 Å². The van der Waals surface area contributed by atoms with Crippen molar-refractivity contribution in [3.63, 3.8) is 0 Å². The number of nitrogens with zero attached hydrogens (tertiary/aromatic N) is 18. The molecule has 10 heterocycles. The van der Waals surface area contributed by atoms with Crippen molar-refractivity contribution in [2.45, 2.75) is 47.5 Å². The first-order valence-corrected chi connectivity index (χ1v) is 27.1. The second kappa shape index (κ2) is 30.5. The molecule has 0 saturated carbocycles. The molecule has 10 aromatic rings. The van der Waals surface area contributed by atoms with E-state index in [4.69, 9.17) is 20.4 Å². The van der Waals surface area contributed by atoms with Gasteiger partial charge in [-0.3, -0.25) is 52.6 Å². The molecule has 0 radical (unpaired) electrons. The number of carbonyl (C=O) groups is 5. The minimum atomic E-state index is -1.28. The van der Waals surface area contributed by atoms with Crippen LogP contribution >= 0.6 is 34.2 Å². The van der Waals surface area contributed by atoms with Crippen LogP contribution in [0.2, 0.25) is 0 Å². The number of rotatable bonds is 15. The van der Waals surface area contributed by atoms with E-state index >= 15 is 0 Å². The van der Waals surface area contributed by atoms with Crippen LogP contribution < -0.4 is 34.7 Å². The average molecular weight is 1210 g/mol. The first-order valence-electron chi connectivity index (χ1n) is 24.7. The number of carboxylic acid groups (broad SMARTS) is 1. The van der Waals surface area contributed by atoms with Crippen molar-refractivity contribution < 1.29 is 79.1 Å². The average Bonchev–Trinajstić information content (AvgIpc) is 4.41. The fourth-order valence-corrected chi connectivity index (χ4v) is 9.86. The Kier molecular flexibility index (Phi) is 24.3. The number of aromatic carboxylic acids is 1. The molecule has 10 rings (SSSR count). The quantitative estimate of drug-likeness (QED) is 0.0787. The largest absolute Gasteiger partial charge is 1.00 e. The number of hydrogen-bond acceptors (Lipinski definition) is 26. The van der Waals surface area contributed by atoms with Gasteiger partial charge in [-0.15, -0.1) is 22.7 Å². The maximum absolute atomic E-state index is 11.7. The minimum absolute atomic E-state index is 0. The Morgan fingerprint density at radius 2 is 0.881 bits per heavy atom. The molecular formula is C52H57N18NaO10S3. The van der Waals surface area contributed by atoms with Crippen molar-refractivity contribution >= 4 is 63.3 Å². The van der Waals surface area contributed by atoms with Crippen LogP contribution in [0.1, 0.15) is 99.3 Å². The van der Waals surface area contributed by atoms with Gasteiger partial charge in [0.25, 0.3) is 0 Å². The summed E-state index contributed by atoms with van der Waals surface area (Å²) in [4.78, 5) is 87.8. The van der Waals surface area contributed by atoms with E-state index in [1.165, 1.54) is 77.1 Å². The van der Waals surface area contributed by atoms with Crippen LogP contribution in [-0.4, -0.2) is 164 Å². The fourth-order valence-electron chi connectivity index (χ4n) is 7.66. The zero-order valence-corrected chi connectivity index (χ0v) is 52.2. The van der Waals surface area contributed by atoms with Crippen LogP contribution in [0.3, 0.4) is 0 Å². The van der Waals surface area contributed by atoms with Crippen molar-refractivity contribution in [1.82, 2.24) is 88.2 Å². The van der Waals surface area contributed by atoms with Gasteiger partial charge in [-0.1, -0.05) is 13.8 Å². The van der Waals surface area contributed by atoms with Gasteiger partial charge >= 0.3 is 29.6 Å². The molecule has 32 heteroatoms. The molecule has 0 bridgehead atoms. The van der Waals surface area contributed by atoms with E-state index in [0.717, 1.165) is 32.1 Å². The number of hydrogen-bond donors (Lipinski definition) is 4. The Morgan fingerprint density at radius 1 is 0.500 bits per heavy atom. The summed E-state index contributed by atoms with van der Waals surface area (Å²) >= 11 is 4.25. The molecule has 0 aliphatic rings. The number of carbonyl (C=O) groups excluding carboxylic acids is 5. The smallest absolute Gasteiger partial charge is 0.543 e. The third kappa shape index (κ3) is 16.2. The summed E-state index contributed by atoms with van der Waals surface area (Å²) in [5.74, 6) is -1.73. The summed E-state index contributed by atoms with van der Waals surface area (Å²) in [6, 6.07) is 0. The Morgan fingerprint density at radius 3 is 1.23 bits per heavy atom. The molecule has 0 aromatic carbocycles. The standard InChI is InChI=1S/C11H14N4O2S.C11H12N4O2.C10H10N4O2.2C10H11N3O2S.Na/c1-6(2)10-13-11(18-14-10)7-4-12-15(3)9(7)8(17)5-16;1-7-3-12-5-9(14-7)8-4-13-15(2)11(8)10(17)6-16;1-6-3-11-5-8(13-6)7-4-12-14(2)9(7)10(15)16;1-6-12-8(5-16-6)7-3-11-13(2)10(7)9(15)4-14;1-6-3-11-10(16-6)7-4-12-13(2)9(7)8(15)5-14;/h4,6,16H,5H2,1-3H3;3-5,16H,6H2,1-2H3;3-5H,1-2H3,(H,15,16);3,5,14H,4H2,1-2H3;3-4,14H,5H2,1-2H3;/q;;;;;+1/p-1. The normalized spacial score (nSPS) is 10.6. The predicted octanol–water partition coefficient (Wildman–Crippen LogP) is 0.205. The Bertz CT molecular complexity index is 3810. The Labute approximate surface area is 514 Å². The summed E-state index contributed by atoms with van der Waals surface area (Å²) < 4.78 is 11.3. The maximum atomic E-state index is 11.7. The molecule has 0 atom stereocenters. The van der Waals surface area contributed by atoms with Gasteiger partial charge < -0.3 is 30.3 Å². The van der Waals surface area contributed by atoms with Gasteiger partial charge in [-0.2, -0.15) is 29.9 Å². The van der Waals surface area contributed by atoms with Crippen LogP contribution in [0, 0.1) is 27.7 Å². The van der Waals surface area contributed by atoms with E-state index < -0.39 is 32.4 Å². The van der Waals surface area contributed by atoms with Crippen LogP contribution in [0.15, 0.2) is 67.3 Å². The number of Topliss-reactive ketones (excluding diaryl/α,β-unsaturated/α-hetero) is 4. The van der Waals surface area contributed by atoms with E-state index in [1.807, 2.05) is 40.0 Å². The van der Waals surface area contributed by atoms with Crippen molar-refractivity contribution in [2.24, 2.45) is 35.2 Å². The van der Waals surface area contributed by atoms with E-state index in [9.17, 15) is 29.1 Å². The Balaban J connectivity index is 0.000000192. The zero-order valence-electron chi connectivity index (χ0n) is 47.8. The second-order valence-corrected chi connectivity index (χ2v) is 21.0. The summed E-state index contributed by atoms with van der Waals surface area (Å²) in [6.45, 7) is 9.35. The number of aliphatic hydroxyl groups excluding tert-OH is 4. The number of aromatic nitrogens is 18.